The van der Waals surface area contributed by atoms with E-state index in [1.165, 1.54) is 24.3 Å². The van der Waals surface area contributed by atoms with Crippen LogP contribution in [0.5, 0.6) is 0 Å². The second-order valence-electron chi connectivity index (χ2n) is 4.39. The van der Waals surface area contributed by atoms with Crippen LogP contribution >= 0.6 is 15.9 Å². The van der Waals surface area contributed by atoms with Crippen LogP contribution in [0.2, 0.25) is 0 Å². The average molecular weight is 370 g/mol. The molecule has 0 aliphatic carbocycles. The van der Waals surface area contributed by atoms with Crippen molar-refractivity contribution in [2.75, 3.05) is 5.32 Å². The smallest absolute Gasteiger partial charge is 0.321 e. The van der Waals surface area contributed by atoms with Gasteiger partial charge in [-0.15, -0.1) is 0 Å². The Labute approximate surface area is 133 Å². The number of halogens is 4. The fourth-order valence-corrected chi connectivity index (χ4v) is 2.19. The normalized spacial score (nSPS) is 12.1. The first-order valence-corrected chi connectivity index (χ1v) is 7.07. The van der Waals surface area contributed by atoms with Crippen molar-refractivity contribution in [2.24, 2.45) is 0 Å². The molecule has 6 heteroatoms. The number of benzene rings is 2. The molecule has 2 aromatic carbocycles. The van der Waals surface area contributed by atoms with Crippen LogP contribution in [-0.4, -0.2) is 12.1 Å². The number of allylic oxidation sites excluding steroid dienone is 1. The molecule has 1 amide bonds. The minimum absolute atomic E-state index is 0.0581. The minimum Gasteiger partial charge on any atom is -0.321 e. The van der Waals surface area contributed by atoms with Crippen LogP contribution in [0.4, 0.5) is 18.9 Å². The third kappa shape index (κ3) is 4.21. The maximum atomic E-state index is 13.1. The fraction of sp³-hybridized carbons (Fsp3) is 0.0625. The summed E-state index contributed by atoms with van der Waals surface area (Å²) in [5.74, 6) is -0.844. The van der Waals surface area contributed by atoms with E-state index in [1.54, 1.807) is 30.3 Å². The van der Waals surface area contributed by atoms with Gasteiger partial charge in [-0.05, 0) is 33.6 Å². The number of amides is 1. The van der Waals surface area contributed by atoms with Gasteiger partial charge in [0.15, 0.2) is 0 Å². The van der Waals surface area contributed by atoms with Crippen molar-refractivity contribution in [3.05, 3.63) is 70.7 Å². The van der Waals surface area contributed by atoms with E-state index in [2.05, 4.69) is 21.2 Å². The summed E-state index contributed by atoms with van der Waals surface area (Å²) in [6.07, 6.45) is -4.05. The molecule has 0 bridgehead atoms. The number of rotatable bonds is 3. The highest BCUT2D eigenvalue weighted by Crippen LogP contribution is 2.33. The van der Waals surface area contributed by atoms with Gasteiger partial charge in [0.2, 0.25) is 5.91 Å². The molecule has 0 heterocycles. The summed E-state index contributed by atoms with van der Waals surface area (Å²) in [6.45, 7) is 0. The lowest BCUT2D eigenvalue weighted by atomic mass is 10.1. The van der Waals surface area contributed by atoms with Crippen molar-refractivity contribution in [1.82, 2.24) is 0 Å². The average Bonchev–Trinajstić information content (AvgIpc) is 2.47. The van der Waals surface area contributed by atoms with Gasteiger partial charge in [-0.1, -0.05) is 42.5 Å². The highest BCUT2D eigenvalue weighted by Gasteiger charge is 2.35. The number of hydrogen-bond donors (Lipinski definition) is 1. The summed E-state index contributed by atoms with van der Waals surface area (Å²) in [4.78, 5) is 11.9. The predicted octanol–water partition coefficient (Wildman–Crippen LogP) is 5.03. The van der Waals surface area contributed by atoms with Crippen molar-refractivity contribution in [1.29, 1.82) is 0 Å². The highest BCUT2D eigenvalue weighted by atomic mass is 79.9. The molecule has 0 aromatic heterocycles. The number of alkyl halides is 3. The van der Waals surface area contributed by atoms with Crippen molar-refractivity contribution in [3.63, 3.8) is 0 Å². The first-order valence-electron chi connectivity index (χ1n) is 6.28. The zero-order valence-corrected chi connectivity index (χ0v) is 12.8. The standard InChI is InChI=1S/C16H11BrF3NO/c17-13-8-4-5-9-14(13)21-15(22)10-12(16(18,19)20)11-6-2-1-3-7-11/h1-10H,(H,21,22)/b12-10-. The van der Waals surface area contributed by atoms with E-state index in [4.69, 9.17) is 0 Å². The molecule has 1 N–H and O–H groups in total. The van der Waals surface area contributed by atoms with Gasteiger partial charge in [-0.3, -0.25) is 4.79 Å². The van der Waals surface area contributed by atoms with E-state index >= 15 is 0 Å². The number of carbonyl (C=O) groups is 1. The minimum atomic E-state index is -4.62. The second-order valence-corrected chi connectivity index (χ2v) is 5.25. The molecule has 0 aliphatic heterocycles. The van der Waals surface area contributed by atoms with E-state index < -0.39 is 17.7 Å². The predicted molar refractivity (Wildman–Crippen MR) is 83.2 cm³/mol. The maximum absolute atomic E-state index is 13.1. The SMILES string of the molecule is O=C(/C=C(/c1ccccc1)C(F)(F)F)Nc1ccccc1Br. The molecule has 0 fully saturated rings. The Morgan fingerprint density at radius 3 is 2.18 bits per heavy atom. The number of anilines is 1. The highest BCUT2D eigenvalue weighted by molar-refractivity contribution is 9.10. The van der Waals surface area contributed by atoms with Crippen LogP contribution in [0, 0.1) is 0 Å². The topological polar surface area (TPSA) is 29.1 Å². The summed E-state index contributed by atoms with van der Waals surface area (Å²) >= 11 is 3.22. The van der Waals surface area contributed by atoms with Gasteiger partial charge in [0, 0.05) is 10.5 Å². The lowest BCUT2D eigenvalue weighted by molar-refractivity contribution is -0.112. The van der Waals surface area contributed by atoms with Crippen LogP contribution in [0.3, 0.4) is 0 Å². The van der Waals surface area contributed by atoms with Gasteiger partial charge >= 0.3 is 6.18 Å². The Morgan fingerprint density at radius 1 is 1.00 bits per heavy atom. The lowest BCUT2D eigenvalue weighted by Gasteiger charge is -2.12. The van der Waals surface area contributed by atoms with Crippen LogP contribution in [0.1, 0.15) is 5.56 Å². The Kier molecular flexibility index (Phi) is 5.03. The van der Waals surface area contributed by atoms with Crippen LogP contribution in [0.25, 0.3) is 5.57 Å². The van der Waals surface area contributed by atoms with Gasteiger partial charge in [0.05, 0.1) is 11.3 Å². The molecule has 0 saturated heterocycles. The van der Waals surface area contributed by atoms with E-state index in [0.717, 1.165) is 0 Å². The molecule has 22 heavy (non-hydrogen) atoms. The van der Waals surface area contributed by atoms with E-state index in [1.807, 2.05) is 0 Å². The molecule has 2 nitrogen and oxygen atoms in total. The van der Waals surface area contributed by atoms with Crippen LogP contribution in [-0.2, 0) is 4.79 Å². The van der Waals surface area contributed by atoms with Crippen LogP contribution < -0.4 is 5.32 Å². The number of para-hydroxylation sites is 1. The Morgan fingerprint density at radius 2 is 1.59 bits per heavy atom. The number of nitrogens with one attached hydrogen (secondary N) is 1. The maximum Gasteiger partial charge on any atom is 0.417 e. The molecule has 0 saturated carbocycles. The first-order chi connectivity index (χ1) is 10.4. The molecule has 0 spiro atoms. The van der Waals surface area contributed by atoms with Gasteiger partial charge in [0.25, 0.3) is 0 Å². The van der Waals surface area contributed by atoms with Gasteiger partial charge in [0.1, 0.15) is 0 Å². The first kappa shape index (κ1) is 16.3. The largest absolute Gasteiger partial charge is 0.417 e. The molecule has 2 aromatic rings. The third-order valence-electron chi connectivity index (χ3n) is 2.80. The summed E-state index contributed by atoms with van der Waals surface area (Å²) in [6, 6.07) is 13.9. The van der Waals surface area contributed by atoms with E-state index in [-0.39, 0.29) is 5.56 Å². The molecular weight excluding hydrogens is 359 g/mol. The summed E-state index contributed by atoms with van der Waals surface area (Å²) in [5, 5.41) is 2.42. The Balaban J connectivity index is 2.30. The van der Waals surface area contributed by atoms with Gasteiger partial charge < -0.3 is 5.32 Å². The van der Waals surface area contributed by atoms with E-state index in [9.17, 15) is 18.0 Å². The molecule has 0 aliphatic rings. The third-order valence-corrected chi connectivity index (χ3v) is 3.49. The molecule has 0 unspecified atom stereocenters. The Bertz CT molecular complexity index is 696. The molecule has 0 radical (unpaired) electrons. The number of carbonyl (C=O) groups excluding carboxylic acids is 1. The molecule has 2 rings (SSSR count). The zero-order valence-electron chi connectivity index (χ0n) is 11.2. The Hall–Kier alpha value is -2.08. The lowest BCUT2D eigenvalue weighted by Crippen LogP contribution is -2.16. The molecule has 114 valence electrons. The summed E-state index contributed by atoms with van der Waals surface area (Å²) in [5.41, 5.74) is -0.645. The summed E-state index contributed by atoms with van der Waals surface area (Å²) < 4.78 is 40.0. The zero-order chi connectivity index (χ0) is 16.2. The van der Waals surface area contributed by atoms with Crippen molar-refractivity contribution in [2.45, 2.75) is 6.18 Å². The van der Waals surface area contributed by atoms with Crippen molar-refractivity contribution in [3.8, 4) is 0 Å². The monoisotopic (exact) mass is 369 g/mol. The fourth-order valence-electron chi connectivity index (χ4n) is 1.81. The number of hydrogen-bond acceptors (Lipinski definition) is 1. The molecule has 0 atom stereocenters. The van der Waals surface area contributed by atoms with E-state index in [0.29, 0.717) is 16.2 Å². The van der Waals surface area contributed by atoms with Crippen molar-refractivity contribution >= 4 is 33.1 Å². The molecular formula is C16H11BrF3NO. The van der Waals surface area contributed by atoms with Gasteiger partial charge in [-0.25, -0.2) is 0 Å². The van der Waals surface area contributed by atoms with Crippen molar-refractivity contribution < 1.29 is 18.0 Å². The summed E-state index contributed by atoms with van der Waals surface area (Å²) in [7, 11) is 0. The van der Waals surface area contributed by atoms with Crippen LogP contribution in [0.15, 0.2) is 65.1 Å². The quantitative estimate of drug-likeness (QED) is 0.755. The second kappa shape index (κ2) is 6.79. The van der Waals surface area contributed by atoms with Gasteiger partial charge in [-0.2, -0.15) is 13.2 Å².